The Labute approximate surface area is 118 Å². The smallest absolute Gasteiger partial charge is 0.254 e. The number of hydrogen-bond donors (Lipinski definition) is 2. The average molecular weight is 280 g/mol. The van der Waals surface area contributed by atoms with Crippen LogP contribution in [-0.4, -0.2) is 24.4 Å². The van der Waals surface area contributed by atoms with Gasteiger partial charge >= 0.3 is 0 Å². The van der Waals surface area contributed by atoms with Crippen LogP contribution < -0.4 is 10.6 Å². The predicted octanol–water partition coefficient (Wildman–Crippen LogP) is 2.17. The summed E-state index contributed by atoms with van der Waals surface area (Å²) in [5.74, 6) is -1.14. The summed E-state index contributed by atoms with van der Waals surface area (Å²) >= 11 is 0. The van der Waals surface area contributed by atoms with Crippen molar-refractivity contribution in [1.29, 1.82) is 0 Å². The molecule has 0 aliphatic carbocycles. The molecule has 0 heterocycles. The number of benzene rings is 1. The molecule has 0 aliphatic heterocycles. The molecule has 0 aliphatic rings. The summed E-state index contributed by atoms with van der Waals surface area (Å²) in [5.41, 5.74) is 0.430. The molecule has 1 unspecified atom stereocenters. The van der Waals surface area contributed by atoms with Crippen molar-refractivity contribution >= 4 is 11.8 Å². The zero-order valence-corrected chi connectivity index (χ0v) is 12.1. The number of carbonyl (C=O) groups is 2. The minimum absolute atomic E-state index is 0.00679. The second-order valence-electron chi connectivity index (χ2n) is 4.82. The van der Waals surface area contributed by atoms with Gasteiger partial charge in [-0.3, -0.25) is 9.59 Å². The van der Waals surface area contributed by atoms with Crippen LogP contribution in [0.3, 0.4) is 0 Å². The van der Waals surface area contributed by atoms with E-state index >= 15 is 0 Å². The molecule has 0 bridgehead atoms. The molecule has 0 spiro atoms. The third-order valence-electron chi connectivity index (χ3n) is 3.09. The fourth-order valence-corrected chi connectivity index (χ4v) is 1.66. The van der Waals surface area contributed by atoms with Crippen molar-refractivity contribution in [1.82, 2.24) is 10.6 Å². The van der Waals surface area contributed by atoms with Gasteiger partial charge < -0.3 is 10.6 Å². The van der Waals surface area contributed by atoms with Crippen molar-refractivity contribution < 1.29 is 14.0 Å². The van der Waals surface area contributed by atoms with Crippen LogP contribution in [0.1, 0.15) is 42.6 Å². The largest absolute Gasteiger partial charge is 0.354 e. The lowest BCUT2D eigenvalue weighted by Gasteiger charge is -2.11. The van der Waals surface area contributed by atoms with Crippen LogP contribution in [-0.2, 0) is 4.79 Å². The average Bonchev–Trinajstić information content (AvgIpc) is 2.41. The second-order valence-corrected chi connectivity index (χ2v) is 4.82. The Kier molecular flexibility index (Phi) is 6.15. The molecule has 4 nitrogen and oxygen atoms in total. The topological polar surface area (TPSA) is 58.2 Å². The molecule has 1 rings (SSSR count). The molecule has 1 aromatic rings. The molecule has 2 amide bonds. The lowest BCUT2D eigenvalue weighted by atomic mass is 10.1. The first kappa shape index (κ1) is 16.1. The van der Waals surface area contributed by atoms with Gasteiger partial charge in [-0.05, 0) is 31.9 Å². The maximum atomic E-state index is 13.7. The third kappa shape index (κ3) is 4.64. The van der Waals surface area contributed by atoms with Crippen LogP contribution in [0.5, 0.6) is 0 Å². The van der Waals surface area contributed by atoms with Gasteiger partial charge in [-0.15, -0.1) is 0 Å². The molecule has 0 aromatic heterocycles. The lowest BCUT2D eigenvalue weighted by Crippen LogP contribution is -2.35. The van der Waals surface area contributed by atoms with Crippen LogP contribution in [0.25, 0.3) is 0 Å². The van der Waals surface area contributed by atoms with E-state index in [2.05, 4.69) is 10.6 Å². The molecule has 0 saturated carbocycles. The summed E-state index contributed by atoms with van der Waals surface area (Å²) in [5, 5.41) is 5.35. The van der Waals surface area contributed by atoms with Crippen molar-refractivity contribution in [3.8, 4) is 0 Å². The minimum Gasteiger partial charge on any atom is -0.354 e. The van der Waals surface area contributed by atoms with Crippen molar-refractivity contribution in [2.24, 2.45) is 0 Å². The van der Waals surface area contributed by atoms with Crippen LogP contribution in [0, 0.1) is 12.7 Å². The summed E-state index contributed by atoms with van der Waals surface area (Å²) in [4.78, 5) is 23.3. The van der Waals surface area contributed by atoms with Crippen molar-refractivity contribution in [2.75, 3.05) is 6.54 Å². The van der Waals surface area contributed by atoms with E-state index in [-0.39, 0.29) is 30.5 Å². The van der Waals surface area contributed by atoms with Gasteiger partial charge in [0.1, 0.15) is 5.82 Å². The molecule has 5 heteroatoms. The fraction of sp³-hybridized carbons (Fsp3) is 0.467. The Balaban J connectivity index is 2.44. The Hall–Kier alpha value is -1.91. The van der Waals surface area contributed by atoms with Gasteiger partial charge in [0.2, 0.25) is 5.91 Å². The van der Waals surface area contributed by atoms with Gasteiger partial charge in [0.05, 0.1) is 5.56 Å². The molecule has 20 heavy (non-hydrogen) atoms. The third-order valence-corrected chi connectivity index (χ3v) is 3.09. The predicted molar refractivity (Wildman–Crippen MR) is 76.0 cm³/mol. The highest BCUT2D eigenvalue weighted by Crippen LogP contribution is 2.11. The van der Waals surface area contributed by atoms with Crippen LogP contribution in [0.2, 0.25) is 0 Å². The number of nitrogens with one attached hydrogen (secondary N) is 2. The molecular formula is C15H21FN2O2. The summed E-state index contributed by atoms with van der Waals surface area (Å²) in [7, 11) is 0. The van der Waals surface area contributed by atoms with Crippen molar-refractivity contribution in [2.45, 2.75) is 39.7 Å². The van der Waals surface area contributed by atoms with Gasteiger partial charge in [0, 0.05) is 19.0 Å². The Morgan fingerprint density at radius 3 is 2.70 bits per heavy atom. The summed E-state index contributed by atoms with van der Waals surface area (Å²) in [6.45, 7) is 5.69. The molecule has 0 saturated heterocycles. The number of carbonyl (C=O) groups excluding carboxylic acids is 2. The molecule has 110 valence electrons. The quantitative estimate of drug-likeness (QED) is 0.839. The number of rotatable bonds is 6. The standard InChI is InChI=1S/C15H21FN2O2/c1-4-11(3)18-13(19)8-9-17-15(20)12-7-5-6-10(2)14(12)16/h5-7,11H,4,8-9H2,1-3H3,(H,17,20)(H,18,19). The van der Waals surface area contributed by atoms with Gasteiger partial charge in [0.25, 0.3) is 5.91 Å². The van der Waals surface area contributed by atoms with E-state index in [9.17, 15) is 14.0 Å². The first-order valence-electron chi connectivity index (χ1n) is 6.78. The van der Waals surface area contributed by atoms with Gasteiger partial charge in [-0.1, -0.05) is 19.1 Å². The zero-order chi connectivity index (χ0) is 15.1. The summed E-state index contributed by atoms with van der Waals surface area (Å²) in [6, 6.07) is 4.78. The van der Waals surface area contributed by atoms with Crippen LogP contribution >= 0.6 is 0 Å². The monoisotopic (exact) mass is 280 g/mol. The second kappa shape index (κ2) is 7.62. The zero-order valence-electron chi connectivity index (χ0n) is 12.1. The van der Waals surface area contributed by atoms with Crippen molar-refractivity contribution in [3.05, 3.63) is 35.1 Å². The Morgan fingerprint density at radius 2 is 2.05 bits per heavy atom. The summed E-state index contributed by atoms with van der Waals surface area (Å²) < 4.78 is 13.7. The fourth-order valence-electron chi connectivity index (χ4n) is 1.66. The summed E-state index contributed by atoms with van der Waals surface area (Å²) in [6.07, 6.45) is 1.04. The number of hydrogen-bond acceptors (Lipinski definition) is 2. The van der Waals surface area contributed by atoms with Crippen LogP contribution in [0.4, 0.5) is 4.39 Å². The molecular weight excluding hydrogens is 259 g/mol. The van der Waals surface area contributed by atoms with Crippen LogP contribution in [0.15, 0.2) is 18.2 Å². The van der Waals surface area contributed by atoms with Crippen molar-refractivity contribution in [3.63, 3.8) is 0 Å². The number of aryl methyl sites for hydroxylation is 1. The number of halogens is 1. The SMILES string of the molecule is CCC(C)NC(=O)CCNC(=O)c1cccc(C)c1F. The van der Waals surface area contributed by atoms with Gasteiger partial charge in [-0.25, -0.2) is 4.39 Å². The Morgan fingerprint density at radius 1 is 1.35 bits per heavy atom. The van der Waals surface area contributed by atoms with E-state index in [1.165, 1.54) is 6.07 Å². The molecule has 0 fully saturated rings. The Bertz CT molecular complexity index is 489. The van der Waals surface area contributed by atoms with Gasteiger partial charge in [-0.2, -0.15) is 0 Å². The maximum absolute atomic E-state index is 13.7. The molecule has 0 radical (unpaired) electrons. The highest BCUT2D eigenvalue weighted by Gasteiger charge is 2.13. The van der Waals surface area contributed by atoms with Gasteiger partial charge in [0.15, 0.2) is 0 Å². The normalized spacial score (nSPS) is 11.8. The maximum Gasteiger partial charge on any atom is 0.254 e. The van der Waals surface area contributed by atoms with E-state index in [4.69, 9.17) is 0 Å². The first-order chi connectivity index (χ1) is 9.45. The van der Waals surface area contributed by atoms with E-state index in [1.54, 1.807) is 19.1 Å². The van der Waals surface area contributed by atoms with E-state index in [0.717, 1.165) is 6.42 Å². The number of amides is 2. The van der Waals surface area contributed by atoms with E-state index in [1.807, 2.05) is 13.8 Å². The van der Waals surface area contributed by atoms with E-state index < -0.39 is 11.7 Å². The lowest BCUT2D eigenvalue weighted by molar-refractivity contribution is -0.121. The molecule has 1 aromatic carbocycles. The van der Waals surface area contributed by atoms with E-state index in [0.29, 0.717) is 5.56 Å². The highest BCUT2D eigenvalue weighted by molar-refractivity contribution is 5.94. The minimum atomic E-state index is -0.519. The highest BCUT2D eigenvalue weighted by atomic mass is 19.1. The molecule has 2 N–H and O–H groups in total. The first-order valence-corrected chi connectivity index (χ1v) is 6.78. The molecule has 1 atom stereocenters.